The predicted octanol–water partition coefficient (Wildman–Crippen LogP) is 0.599. The molecule has 1 aromatic rings. The van der Waals surface area contributed by atoms with Gasteiger partial charge in [-0.15, -0.1) is 0 Å². The van der Waals surface area contributed by atoms with E-state index in [-0.39, 0.29) is 0 Å². The smallest absolute Gasteiger partial charge is 0.223 e. The fraction of sp³-hybridized carbons (Fsp3) is 0.286. The van der Waals surface area contributed by atoms with Crippen LogP contribution in [0, 0.1) is 0 Å². The standard InChI is InChI=1S/C7H10NO2P/c1-9-6-4-3-5(11)7(8-6)10-2/h3-4H,11H2,1-2H3. The molecule has 60 valence electrons. The molecule has 0 aliphatic heterocycles. The third-order valence-electron chi connectivity index (χ3n) is 1.27. The Kier molecular flexibility index (Phi) is 2.66. The van der Waals surface area contributed by atoms with Crippen molar-refractivity contribution in [1.82, 2.24) is 4.98 Å². The Morgan fingerprint density at radius 1 is 1.27 bits per heavy atom. The molecule has 0 aliphatic rings. The van der Waals surface area contributed by atoms with Gasteiger partial charge in [-0.25, -0.2) is 0 Å². The molecular weight excluding hydrogens is 161 g/mol. The first-order chi connectivity index (χ1) is 5.27. The lowest BCUT2D eigenvalue weighted by atomic mass is 10.5. The van der Waals surface area contributed by atoms with Gasteiger partial charge in [0.25, 0.3) is 0 Å². The van der Waals surface area contributed by atoms with Gasteiger partial charge in [0.2, 0.25) is 11.8 Å². The zero-order valence-electron chi connectivity index (χ0n) is 6.50. The maximum atomic E-state index is 4.98. The summed E-state index contributed by atoms with van der Waals surface area (Å²) < 4.78 is 9.89. The van der Waals surface area contributed by atoms with E-state index in [1.54, 1.807) is 20.3 Å². The van der Waals surface area contributed by atoms with Crippen molar-refractivity contribution < 1.29 is 9.47 Å². The molecule has 0 saturated heterocycles. The predicted molar refractivity (Wildman–Crippen MR) is 46.7 cm³/mol. The molecule has 11 heavy (non-hydrogen) atoms. The van der Waals surface area contributed by atoms with Gasteiger partial charge in [0, 0.05) is 11.4 Å². The van der Waals surface area contributed by atoms with Crippen LogP contribution in [0.4, 0.5) is 0 Å². The van der Waals surface area contributed by atoms with Crippen LogP contribution in [0.15, 0.2) is 12.1 Å². The fourth-order valence-electron chi connectivity index (χ4n) is 0.711. The summed E-state index contributed by atoms with van der Waals surface area (Å²) in [6.45, 7) is 0. The zero-order valence-corrected chi connectivity index (χ0v) is 7.65. The maximum Gasteiger partial charge on any atom is 0.223 e. The van der Waals surface area contributed by atoms with E-state index in [2.05, 4.69) is 14.2 Å². The van der Waals surface area contributed by atoms with Gasteiger partial charge in [-0.1, -0.05) is 9.24 Å². The van der Waals surface area contributed by atoms with Crippen LogP contribution in [0.5, 0.6) is 11.8 Å². The van der Waals surface area contributed by atoms with Crippen LogP contribution in [0.25, 0.3) is 0 Å². The number of ether oxygens (including phenoxy) is 2. The minimum atomic E-state index is 0.563. The van der Waals surface area contributed by atoms with Crippen LogP contribution >= 0.6 is 9.24 Å². The molecule has 1 rings (SSSR count). The molecule has 0 radical (unpaired) electrons. The first kappa shape index (κ1) is 8.28. The van der Waals surface area contributed by atoms with Gasteiger partial charge in [-0.2, -0.15) is 4.98 Å². The first-order valence-corrected chi connectivity index (χ1v) is 3.70. The van der Waals surface area contributed by atoms with Gasteiger partial charge in [0.05, 0.1) is 14.2 Å². The molecule has 0 saturated carbocycles. The SMILES string of the molecule is COc1ccc(P)c(OC)n1. The summed E-state index contributed by atoms with van der Waals surface area (Å²) in [6, 6.07) is 3.65. The van der Waals surface area contributed by atoms with Crippen LogP contribution in [-0.4, -0.2) is 19.2 Å². The van der Waals surface area contributed by atoms with Crippen molar-refractivity contribution in [2.45, 2.75) is 0 Å². The van der Waals surface area contributed by atoms with E-state index in [0.29, 0.717) is 11.8 Å². The lowest BCUT2D eigenvalue weighted by Crippen LogP contribution is -2.02. The fourth-order valence-corrected chi connectivity index (χ4v) is 0.990. The average Bonchev–Trinajstić information content (AvgIpc) is 2.05. The number of hydrogen-bond donors (Lipinski definition) is 0. The molecule has 1 atom stereocenters. The molecule has 0 fully saturated rings. The van der Waals surface area contributed by atoms with E-state index in [1.807, 2.05) is 6.07 Å². The Morgan fingerprint density at radius 3 is 2.55 bits per heavy atom. The number of aromatic nitrogens is 1. The minimum absolute atomic E-state index is 0.563. The van der Waals surface area contributed by atoms with E-state index in [0.717, 1.165) is 5.30 Å². The molecule has 0 N–H and O–H groups in total. The topological polar surface area (TPSA) is 31.4 Å². The Labute approximate surface area is 67.9 Å². The Bertz CT molecular complexity index is 252. The zero-order chi connectivity index (χ0) is 8.27. The summed E-state index contributed by atoms with van der Waals surface area (Å²) in [5.74, 6) is 1.14. The molecular formula is C7H10NO2P. The Hall–Kier alpha value is -0.820. The molecule has 0 bridgehead atoms. The Morgan fingerprint density at radius 2 is 2.00 bits per heavy atom. The summed E-state index contributed by atoms with van der Waals surface area (Å²) in [4.78, 5) is 4.04. The monoisotopic (exact) mass is 171 g/mol. The van der Waals surface area contributed by atoms with Crippen molar-refractivity contribution >= 4 is 14.5 Å². The first-order valence-electron chi connectivity index (χ1n) is 3.12. The second-order valence-electron chi connectivity index (χ2n) is 1.95. The lowest BCUT2D eigenvalue weighted by molar-refractivity contribution is 0.367. The van der Waals surface area contributed by atoms with Crippen molar-refractivity contribution in [3.8, 4) is 11.8 Å². The van der Waals surface area contributed by atoms with Gasteiger partial charge in [0.15, 0.2) is 0 Å². The largest absolute Gasteiger partial charge is 0.481 e. The van der Waals surface area contributed by atoms with Crippen LogP contribution < -0.4 is 14.8 Å². The van der Waals surface area contributed by atoms with E-state index >= 15 is 0 Å². The molecule has 0 amide bonds. The van der Waals surface area contributed by atoms with E-state index in [1.165, 1.54) is 0 Å². The van der Waals surface area contributed by atoms with Crippen molar-refractivity contribution in [3.63, 3.8) is 0 Å². The van der Waals surface area contributed by atoms with Crippen LogP contribution in [-0.2, 0) is 0 Å². The van der Waals surface area contributed by atoms with Crippen molar-refractivity contribution in [1.29, 1.82) is 0 Å². The molecule has 4 heteroatoms. The number of pyridine rings is 1. The highest BCUT2D eigenvalue weighted by atomic mass is 31.0. The van der Waals surface area contributed by atoms with Gasteiger partial charge >= 0.3 is 0 Å². The second kappa shape index (κ2) is 3.54. The molecule has 0 aliphatic carbocycles. The van der Waals surface area contributed by atoms with E-state index in [4.69, 9.17) is 9.47 Å². The van der Waals surface area contributed by atoms with Crippen LogP contribution in [0.1, 0.15) is 0 Å². The molecule has 3 nitrogen and oxygen atoms in total. The molecule has 1 unspecified atom stereocenters. The summed E-state index contributed by atoms with van der Waals surface area (Å²) >= 11 is 0. The normalized spacial score (nSPS) is 9.36. The van der Waals surface area contributed by atoms with Crippen molar-refractivity contribution in [2.75, 3.05) is 14.2 Å². The molecule has 0 spiro atoms. The maximum absolute atomic E-state index is 4.98. The van der Waals surface area contributed by atoms with Gasteiger partial charge in [-0.3, -0.25) is 0 Å². The highest BCUT2D eigenvalue weighted by Crippen LogP contribution is 2.12. The summed E-state index contributed by atoms with van der Waals surface area (Å²) in [5, 5.41) is 0.924. The van der Waals surface area contributed by atoms with Gasteiger partial charge < -0.3 is 9.47 Å². The summed E-state index contributed by atoms with van der Waals surface area (Å²) in [5.41, 5.74) is 0. The lowest BCUT2D eigenvalue weighted by Gasteiger charge is -2.04. The van der Waals surface area contributed by atoms with Crippen LogP contribution in [0.3, 0.4) is 0 Å². The van der Waals surface area contributed by atoms with Crippen LogP contribution in [0.2, 0.25) is 0 Å². The number of methoxy groups -OCH3 is 2. The van der Waals surface area contributed by atoms with E-state index in [9.17, 15) is 0 Å². The highest BCUT2D eigenvalue weighted by molar-refractivity contribution is 7.27. The van der Waals surface area contributed by atoms with E-state index < -0.39 is 0 Å². The number of rotatable bonds is 2. The quantitative estimate of drug-likeness (QED) is 0.610. The minimum Gasteiger partial charge on any atom is -0.481 e. The summed E-state index contributed by atoms with van der Waals surface area (Å²) in [7, 11) is 5.68. The van der Waals surface area contributed by atoms with Gasteiger partial charge in [-0.05, 0) is 6.07 Å². The number of hydrogen-bond acceptors (Lipinski definition) is 3. The third kappa shape index (κ3) is 1.81. The molecule has 1 aromatic heterocycles. The molecule has 0 aromatic carbocycles. The van der Waals surface area contributed by atoms with Crippen molar-refractivity contribution in [2.24, 2.45) is 0 Å². The highest BCUT2D eigenvalue weighted by Gasteiger charge is 2.00. The summed E-state index contributed by atoms with van der Waals surface area (Å²) in [6.07, 6.45) is 0. The second-order valence-corrected chi connectivity index (χ2v) is 2.57. The third-order valence-corrected chi connectivity index (χ3v) is 1.71. The molecule has 1 heterocycles. The van der Waals surface area contributed by atoms with Crippen molar-refractivity contribution in [3.05, 3.63) is 12.1 Å². The number of nitrogens with zero attached hydrogens (tertiary/aromatic N) is 1. The average molecular weight is 171 g/mol. The Balaban J connectivity index is 3.02. The van der Waals surface area contributed by atoms with Gasteiger partial charge in [0.1, 0.15) is 0 Å².